The molecule has 2 rings (SSSR count). The Morgan fingerprint density at radius 2 is 2.00 bits per heavy atom. The van der Waals surface area contributed by atoms with Crippen molar-refractivity contribution in [2.45, 2.75) is 36.6 Å². The molecule has 0 heterocycles. The van der Waals surface area contributed by atoms with Crippen LogP contribution >= 0.6 is 0 Å². The SMILES string of the molecule is Nc1ccc(S(N)(=O)=O)cc1NC1CCCCC1CO. The number of nitrogens with one attached hydrogen (secondary N) is 1. The first-order valence-corrected chi connectivity index (χ1v) is 8.26. The van der Waals surface area contributed by atoms with Crippen LogP contribution in [-0.2, 0) is 10.0 Å². The molecule has 0 spiro atoms. The van der Waals surface area contributed by atoms with E-state index >= 15 is 0 Å². The van der Waals surface area contributed by atoms with Gasteiger partial charge in [-0.05, 0) is 31.0 Å². The average molecular weight is 299 g/mol. The van der Waals surface area contributed by atoms with Gasteiger partial charge in [0.05, 0.1) is 16.3 Å². The Morgan fingerprint density at radius 3 is 2.65 bits per heavy atom. The predicted octanol–water partition coefficient (Wildman–Crippen LogP) is 0.879. The number of nitrogens with two attached hydrogens (primary N) is 2. The molecule has 1 aliphatic carbocycles. The Balaban J connectivity index is 2.24. The lowest BCUT2D eigenvalue weighted by atomic mass is 9.85. The first-order valence-electron chi connectivity index (χ1n) is 6.71. The summed E-state index contributed by atoms with van der Waals surface area (Å²) in [7, 11) is -3.75. The number of rotatable bonds is 4. The van der Waals surface area contributed by atoms with Gasteiger partial charge in [0.1, 0.15) is 0 Å². The zero-order valence-electron chi connectivity index (χ0n) is 11.2. The average Bonchev–Trinajstić information content (AvgIpc) is 2.40. The summed E-state index contributed by atoms with van der Waals surface area (Å²) in [5.74, 6) is 0.168. The molecule has 0 bridgehead atoms. The number of primary sulfonamides is 1. The summed E-state index contributed by atoms with van der Waals surface area (Å²) < 4.78 is 22.8. The fourth-order valence-electron chi connectivity index (χ4n) is 2.65. The molecule has 0 saturated heterocycles. The highest BCUT2D eigenvalue weighted by molar-refractivity contribution is 7.89. The summed E-state index contributed by atoms with van der Waals surface area (Å²) in [6, 6.07) is 4.47. The number of sulfonamides is 1. The lowest BCUT2D eigenvalue weighted by Crippen LogP contribution is -2.34. The van der Waals surface area contributed by atoms with Crippen molar-refractivity contribution in [3.8, 4) is 0 Å². The van der Waals surface area contributed by atoms with Gasteiger partial charge in [-0.3, -0.25) is 0 Å². The van der Waals surface area contributed by atoms with E-state index in [1.165, 1.54) is 18.2 Å². The van der Waals surface area contributed by atoms with Crippen molar-refractivity contribution in [1.82, 2.24) is 0 Å². The van der Waals surface area contributed by atoms with E-state index in [1.54, 1.807) is 0 Å². The standard InChI is InChI=1S/C13H21N3O3S/c14-11-6-5-10(20(15,18)19)7-13(11)16-12-4-2-1-3-9(12)8-17/h5-7,9,12,16-17H,1-4,8,14H2,(H2,15,18,19). The summed E-state index contributed by atoms with van der Waals surface area (Å²) in [6.45, 7) is 0.118. The number of hydrogen-bond donors (Lipinski definition) is 4. The van der Waals surface area contributed by atoms with Crippen LogP contribution in [0.1, 0.15) is 25.7 Å². The van der Waals surface area contributed by atoms with E-state index in [2.05, 4.69) is 5.32 Å². The van der Waals surface area contributed by atoms with E-state index in [0.717, 1.165) is 25.7 Å². The maximum Gasteiger partial charge on any atom is 0.238 e. The van der Waals surface area contributed by atoms with Gasteiger partial charge in [0.15, 0.2) is 0 Å². The lowest BCUT2D eigenvalue weighted by Gasteiger charge is -2.32. The summed E-state index contributed by atoms with van der Waals surface area (Å²) in [4.78, 5) is 0.0329. The van der Waals surface area contributed by atoms with Crippen molar-refractivity contribution in [3.05, 3.63) is 18.2 Å². The second-order valence-corrected chi connectivity index (χ2v) is 6.83. The van der Waals surface area contributed by atoms with Gasteiger partial charge < -0.3 is 16.2 Å². The minimum Gasteiger partial charge on any atom is -0.397 e. The van der Waals surface area contributed by atoms with Crippen LogP contribution in [0.2, 0.25) is 0 Å². The minimum atomic E-state index is -3.75. The van der Waals surface area contributed by atoms with Crippen LogP contribution in [0.5, 0.6) is 0 Å². The number of hydrogen-bond acceptors (Lipinski definition) is 5. The molecule has 2 unspecified atom stereocenters. The third-order valence-corrected chi connectivity index (χ3v) is 4.75. The van der Waals surface area contributed by atoms with Crippen LogP contribution in [0.4, 0.5) is 11.4 Å². The van der Waals surface area contributed by atoms with Gasteiger partial charge in [-0.25, -0.2) is 13.6 Å². The van der Waals surface area contributed by atoms with Gasteiger partial charge in [-0.15, -0.1) is 0 Å². The maximum atomic E-state index is 11.4. The number of aliphatic hydroxyl groups excluding tert-OH is 1. The summed E-state index contributed by atoms with van der Waals surface area (Å²) in [6.07, 6.45) is 4.09. The van der Waals surface area contributed by atoms with E-state index in [-0.39, 0.29) is 23.5 Å². The van der Waals surface area contributed by atoms with E-state index < -0.39 is 10.0 Å². The van der Waals surface area contributed by atoms with Crippen molar-refractivity contribution in [2.75, 3.05) is 17.7 Å². The zero-order valence-corrected chi connectivity index (χ0v) is 12.1. The van der Waals surface area contributed by atoms with E-state index in [0.29, 0.717) is 11.4 Å². The van der Waals surface area contributed by atoms with E-state index in [4.69, 9.17) is 10.9 Å². The summed E-state index contributed by atoms with van der Waals surface area (Å²) in [5.41, 5.74) is 6.91. The van der Waals surface area contributed by atoms with E-state index in [1.807, 2.05) is 0 Å². The molecule has 6 N–H and O–H groups in total. The predicted molar refractivity (Wildman–Crippen MR) is 78.7 cm³/mol. The molecule has 2 atom stereocenters. The molecule has 1 aromatic carbocycles. The number of nitrogen functional groups attached to an aromatic ring is 1. The fraction of sp³-hybridized carbons (Fsp3) is 0.538. The molecule has 112 valence electrons. The fourth-order valence-corrected chi connectivity index (χ4v) is 3.19. The molecule has 0 aliphatic heterocycles. The van der Waals surface area contributed by atoms with Crippen LogP contribution < -0.4 is 16.2 Å². The largest absolute Gasteiger partial charge is 0.397 e. The van der Waals surface area contributed by atoms with Crippen LogP contribution in [0.25, 0.3) is 0 Å². The highest BCUT2D eigenvalue weighted by atomic mass is 32.2. The van der Waals surface area contributed by atoms with Gasteiger partial charge in [0, 0.05) is 18.6 Å². The lowest BCUT2D eigenvalue weighted by molar-refractivity contribution is 0.178. The molecule has 1 aromatic rings. The molecule has 0 aromatic heterocycles. The number of aliphatic hydroxyl groups is 1. The molecular weight excluding hydrogens is 278 g/mol. The van der Waals surface area contributed by atoms with Crippen molar-refractivity contribution in [2.24, 2.45) is 11.1 Å². The monoisotopic (exact) mass is 299 g/mol. The molecule has 1 saturated carbocycles. The quantitative estimate of drug-likeness (QED) is 0.615. The first-order chi connectivity index (χ1) is 9.41. The molecule has 0 radical (unpaired) electrons. The maximum absolute atomic E-state index is 11.4. The Morgan fingerprint density at radius 1 is 1.30 bits per heavy atom. The first kappa shape index (κ1) is 15.1. The third-order valence-electron chi connectivity index (χ3n) is 3.84. The molecule has 20 heavy (non-hydrogen) atoms. The van der Waals surface area contributed by atoms with Crippen molar-refractivity contribution in [3.63, 3.8) is 0 Å². The third kappa shape index (κ3) is 3.41. The number of benzene rings is 1. The molecular formula is C13H21N3O3S. The summed E-state index contributed by atoms with van der Waals surface area (Å²) >= 11 is 0. The van der Waals surface area contributed by atoms with Crippen LogP contribution in [-0.4, -0.2) is 26.2 Å². The van der Waals surface area contributed by atoms with Crippen LogP contribution in [0.3, 0.4) is 0 Å². The van der Waals surface area contributed by atoms with E-state index in [9.17, 15) is 13.5 Å². The Kier molecular flexibility index (Phi) is 4.52. The van der Waals surface area contributed by atoms with Gasteiger partial charge in [-0.1, -0.05) is 12.8 Å². The second kappa shape index (κ2) is 5.99. The molecule has 7 heteroatoms. The van der Waals surface area contributed by atoms with Gasteiger partial charge in [0.2, 0.25) is 10.0 Å². The smallest absolute Gasteiger partial charge is 0.238 e. The molecule has 1 aliphatic rings. The Bertz CT molecular complexity index is 574. The summed E-state index contributed by atoms with van der Waals surface area (Å²) in [5, 5.41) is 17.8. The van der Waals surface area contributed by atoms with Crippen LogP contribution in [0.15, 0.2) is 23.1 Å². The number of anilines is 2. The van der Waals surface area contributed by atoms with Gasteiger partial charge in [0.25, 0.3) is 0 Å². The zero-order chi connectivity index (χ0) is 14.8. The second-order valence-electron chi connectivity index (χ2n) is 5.27. The van der Waals surface area contributed by atoms with Gasteiger partial charge >= 0.3 is 0 Å². The van der Waals surface area contributed by atoms with Crippen LogP contribution in [0, 0.1) is 5.92 Å². The minimum absolute atomic E-state index is 0.0329. The molecule has 6 nitrogen and oxygen atoms in total. The Hall–Kier alpha value is -1.31. The molecule has 1 fully saturated rings. The van der Waals surface area contributed by atoms with Crippen molar-refractivity contribution >= 4 is 21.4 Å². The van der Waals surface area contributed by atoms with Crippen molar-refractivity contribution in [1.29, 1.82) is 0 Å². The highest BCUT2D eigenvalue weighted by Gasteiger charge is 2.25. The topological polar surface area (TPSA) is 118 Å². The highest BCUT2D eigenvalue weighted by Crippen LogP contribution is 2.30. The molecule has 0 amide bonds. The van der Waals surface area contributed by atoms with Gasteiger partial charge in [-0.2, -0.15) is 0 Å². The normalized spacial score (nSPS) is 23.5. The van der Waals surface area contributed by atoms with Crippen molar-refractivity contribution < 1.29 is 13.5 Å². The Labute approximate surface area is 119 Å².